The van der Waals surface area contributed by atoms with E-state index in [1.54, 1.807) is 13.0 Å². The van der Waals surface area contributed by atoms with Gasteiger partial charge in [0.25, 0.3) is 0 Å². The monoisotopic (exact) mass is 560 g/mol. The number of carbonyl (C=O) groups excluding carboxylic acids is 1. The Morgan fingerprint density at radius 3 is 2.15 bits per heavy atom. The van der Waals surface area contributed by atoms with Gasteiger partial charge < -0.3 is 14.2 Å². The van der Waals surface area contributed by atoms with E-state index in [0.717, 1.165) is 18.6 Å². The van der Waals surface area contributed by atoms with Crippen LogP contribution in [0.2, 0.25) is 0 Å². The molecule has 1 atom stereocenters. The summed E-state index contributed by atoms with van der Waals surface area (Å²) < 4.78 is 88.1. The van der Waals surface area contributed by atoms with Gasteiger partial charge in [0.1, 0.15) is 5.82 Å². The van der Waals surface area contributed by atoms with Crippen molar-refractivity contribution in [2.24, 2.45) is 5.92 Å². The van der Waals surface area contributed by atoms with E-state index < -0.39 is 46.7 Å². The number of rotatable bonds is 10. The number of hydrogen-bond acceptors (Lipinski definition) is 4. The normalized spacial score (nSPS) is 15.0. The molecule has 4 nitrogen and oxygen atoms in total. The molecule has 0 saturated carbocycles. The van der Waals surface area contributed by atoms with E-state index in [-0.39, 0.29) is 47.8 Å². The van der Waals surface area contributed by atoms with Crippen molar-refractivity contribution in [3.05, 3.63) is 83.2 Å². The number of carbonyl (C=O) groups is 1. The highest BCUT2D eigenvalue weighted by Gasteiger charge is 2.27. The largest absolute Gasteiger partial charge is 0.491 e. The Bertz CT molecular complexity index is 1420. The second kappa shape index (κ2) is 13.0. The molecule has 0 aromatic heterocycles. The van der Waals surface area contributed by atoms with Gasteiger partial charge in [0, 0.05) is 11.1 Å². The molecule has 0 radical (unpaired) electrons. The Balaban J connectivity index is 1.43. The SMILES string of the molecule is CCCCOc1ccc(OC(=O)C2CC=C(c3ccc(-c4ccc(OCC)c(F)c4F)cc3F)CC2)c(F)c1F. The van der Waals surface area contributed by atoms with Crippen LogP contribution in [-0.4, -0.2) is 19.2 Å². The summed E-state index contributed by atoms with van der Waals surface area (Å²) >= 11 is 0. The van der Waals surface area contributed by atoms with E-state index in [1.165, 1.54) is 30.3 Å². The predicted octanol–water partition coefficient (Wildman–Crippen LogP) is 8.42. The van der Waals surface area contributed by atoms with Crippen LogP contribution in [0.4, 0.5) is 22.0 Å². The van der Waals surface area contributed by atoms with Crippen LogP contribution < -0.4 is 14.2 Å². The number of hydrogen-bond donors (Lipinski definition) is 0. The molecule has 212 valence electrons. The highest BCUT2D eigenvalue weighted by atomic mass is 19.2. The van der Waals surface area contributed by atoms with Crippen molar-refractivity contribution < 1.29 is 41.0 Å². The van der Waals surface area contributed by atoms with Crippen LogP contribution in [0.5, 0.6) is 17.2 Å². The van der Waals surface area contributed by atoms with Crippen molar-refractivity contribution in [3.8, 4) is 28.4 Å². The first-order valence-electron chi connectivity index (χ1n) is 13.2. The molecule has 0 heterocycles. The Morgan fingerprint density at radius 2 is 1.48 bits per heavy atom. The van der Waals surface area contributed by atoms with Crippen LogP contribution in [0, 0.1) is 35.0 Å². The smallest absolute Gasteiger partial charge is 0.314 e. The molecule has 0 bridgehead atoms. The minimum absolute atomic E-state index is 0.101. The maximum absolute atomic E-state index is 15.0. The highest BCUT2D eigenvalue weighted by Crippen LogP contribution is 2.36. The van der Waals surface area contributed by atoms with E-state index in [2.05, 4.69) is 0 Å². The molecule has 4 rings (SSSR count). The fourth-order valence-corrected chi connectivity index (χ4v) is 4.48. The van der Waals surface area contributed by atoms with Gasteiger partial charge in [-0.3, -0.25) is 4.79 Å². The summed E-state index contributed by atoms with van der Waals surface area (Å²) in [6.07, 6.45) is 4.03. The van der Waals surface area contributed by atoms with Crippen molar-refractivity contribution in [1.82, 2.24) is 0 Å². The molecular weight excluding hydrogens is 531 g/mol. The van der Waals surface area contributed by atoms with Gasteiger partial charge in [-0.05, 0) is 74.1 Å². The van der Waals surface area contributed by atoms with Crippen molar-refractivity contribution in [1.29, 1.82) is 0 Å². The molecule has 1 aliphatic carbocycles. The summed E-state index contributed by atoms with van der Waals surface area (Å²) in [7, 11) is 0. The molecule has 1 aliphatic rings. The molecule has 40 heavy (non-hydrogen) atoms. The first-order chi connectivity index (χ1) is 19.2. The summed E-state index contributed by atoms with van der Waals surface area (Å²) in [6, 6.07) is 9.09. The van der Waals surface area contributed by atoms with Crippen LogP contribution in [-0.2, 0) is 4.79 Å². The lowest BCUT2D eigenvalue weighted by molar-refractivity contribution is -0.139. The molecule has 3 aromatic rings. The summed E-state index contributed by atoms with van der Waals surface area (Å²) in [5.74, 6) is -7.78. The maximum Gasteiger partial charge on any atom is 0.314 e. The van der Waals surface area contributed by atoms with Crippen molar-refractivity contribution in [2.75, 3.05) is 13.2 Å². The number of ether oxygens (including phenoxy) is 3. The van der Waals surface area contributed by atoms with Gasteiger partial charge in [-0.2, -0.15) is 13.2 Å². The van der Waals surface area contributed by atoms with Gasteiger partial charge in [-0.25, -0.2) is 8.78 Å². The molecule has 0 fully saturated rings. The lowest BCUT2D eigenvalue weighted by Crippen LogP contribution is -2.23. The quantitative estimate of drug-likeness (QED) is 0.108. The number of esters is 1. The third-order valence-electron chi connectivity index (χ3n) is 6.69. The molecule has 0 saturated heterocycles. The van der Waals surface area contributed by atoms with Gasteiger partial charge in [0.2, 0.25) is 17.5 Å². The van der Waals surface area contributed by atoms with Crippen molar-refractivity contribution in [3.63, 3.8) is 0 Å². The number of halogens is 5. The van der Waals surface area contributed by atoms with Crippen molar-refractivity contribution >= 4 is 11.5 Å². The lowest BCUT2D eigenvalue weighted by atomic mass is 9.86. The molecule has 1 unspecified atom stereocenters. The second-order valence-electron chi connectivity index (χ2n) is 9.38. The third kappa shape index (κ3) is 6.29. The average Bonchev–Trinajstić information content (AvgIpc) is 2.95. The molecule has 0 N–H and O–H groups in total. The summed E-state index contributed by atoms with van der Waals surface area (Å²) in [4.78, 5) is 12.6. The average molecular weight is 561 g/mol. The summed E-state index contributed by atoms with van der Waals surface area (Å²) in [5, 5.41) is 0. The van der Waals surface area contributed by atoms with Gasteiger partial charge >= 0.3 is 5.97 Å². The van der Waals surface area contributed by atoms with Crippen LogP contribution in [0.25, 0.3) is 16.7 Å². The van der Waals surface area contributed by atoms with Crippen molar-refractivity contribution in [2.45, 2.75) is 46.0 Å². The molecule has 9 heteroatoms. The van der Waals surface area contributed by atoms with Gasteiger partial charge in [-0.1, -0.05) is 31.6 Å². The van der Waals surface area contributed by atoms with Crippen LogP contribution in [0.1, 0.15) is 51.5 Å². The summed E-state index contributed by atoms with van der Waals surface area (Å²) in [6.45, 7) is 4.00. The first-order valence-corrected chi connectivity index (χ1v) is 13.2. The second-order valence-corrected chi connectivity index (χ2v) is 9.38. The number of unbranched alkanes of at least 4 members (excludes halogenated alkanes) is 1. The molecule has 0 amide bonds. The van der Waals surface area contributed by atoms with Gasteiger partial charge in [0.15, 0.2) is 23.1 Å². The lowest BCUT2D eigenvalue weighted by Gasteiger charge is -2.21. The fraction of sp³-hybridized carbons (Fsp3) is 0.323. The number of allylic oxidation sites excluding steroid dienone is 2. The Labute approximate surface area is 229 Å². The topological polar surface area (TPSA) is 44.8 Å². The van der Waals surface area contributed by atoms with Crippen LogP contribution in [0.15, 0.2) is 48.5 Å². The first kappa shape index (κ1) is 29.1. The molecular formula is C31H29F5O4. The zero-order valence-corrected chi connectivity index (χ0v) is 22.2. The third-order valence-corrected chi connectivity index (χ3v) is 6.69. The molecule has 0 aliphatic heterocycles. The summed E-state index contributed by atoms with van der Waals surface area (Å²) in [5.41, 5.74) is 0.970. The predicted molar refractivity (Wildman–Crippen MR) is 141 cm³/mol. The Kier molecular flexibility index (Phi) is 9.45. The van der Waals surface area contributed by atoms with Gasteiger partial charge in [0.05, 0.1) is 19.1 Å². The van der Waals surface area contributed by atoms with E-state index in [0.29, 0.717) is 24.8 Å². The highest BCUT2D eigenvalue weighted by molar-refractivity contribution is 5.78. The van der Waals surface area contributed by atoms with Crippen LogP contribution in [0.3, 0.4) is 0 Å². The van der Waals surface area contributed by atoms with Crippen LogP contribution >= 0.6 is 0 Å². The minimum Gasteiger partial charge on any atom is -0.491 e. The van der Waals surface area contributed by atoms with Gasteiger partial charge in [-0.15, -0.1) is 0 Å². The standard InChI is InChI=1S/C31H29F5O4/c1-3-5-16-39-25-14-15-26(30(36)29(25)35)40-31(37)19-8-6-18(7-9-19)21-11-10-20(17-23(21)32)22-12-13-24(38-4-2)28(34)27(22)33/h6,10-15,17,19H,3-5,7-9,16H2,1-2H3. The van der Waals surface area contributed by atoms with E-state index >= 15 is 4.39 Å². The molecule has 0 spiro atoms. The van der Waals surface area contributed by atoms with E-state index in [1.807, 2.05) is 6.92 Å². The molecule has 3 aromatic carbocycles. The number of benzene rings is 3. The fourth-order valence-electron chi connectivity index (χ4n) is 4.48. The maximum atomic E-state index is 15.0. The van der Waals surface area contributed by atoms with E-state index in [4.69, 9.17) is 14.2 Å². The zero-order chi connectivity index (χ0) is 28.8. The Hall–Kier alpha value is -3.88. The minimum atomic E-state index is -1.31. The van der Waals surface area contributed by atoms with E-state index in [9.17, 15) is 22.4 Å². The Morgan fingerprint density at radius 1 is 0.825 bits per heavy atom. The zero-order valence-electron chi connectivity index (χ0n) is 22.2.